The quantitative estimate of drug-likeness (QED) is 0.421. The normalized spacial score (nSPS) is 1.75. The van der Waals surface area contributed by atoms with E-state index in [9.17, 15) is 0 Å². The van der Waals surface area contributed by atoms with Crippen LogP contribution in [0.3, 0.4) is 0 Å². The van der Waals surface area contributed by atoms with E-state index in [1.54, 1.807) is 0 Å². The molecule has 4 heavy (non-hydrogen) atoms. The standard InChI is InChI=1S/Al.2Ni.H2O.3H/h;;;1H2;;;/q;;+1;;;;/p-1. The Kier molecular flexibility index (Phi) is 111. The van der Waals surface area contributed by atoms with E-state index in [0.29, 0.717) is 0 Å². The Morgan fingerprint density at radius 1 is 1.25 bits per heavy atom. The van der Waals surface area contributed by atoms with Gasteiger partial charge in [-0.1, -0.05) is 0 Å². The maximum atomic E-state index is 6.62. The molecule has 0 aliphatic heterocycles. The van der Waals surface area contributed by atoms with Crippen LogP contribution < -0.4 is 0 Å². The van der Waals surface area contributed by atoms with Crippen LogP contribution in [0.25, 0.3) is 0 Å². The van der Waals surface area contributed by atoms with Gasteiger partial charge in [0.15, 0.2) is 17.4 Å². The van der Waals surface area contributed by atoms with Gasteiger partial charge in [-0.3, -0.25) is 0 Å². The van der Waals surface area contributed by atoms with Gasteiger partial charge in [0.2, 0.25) is 0 Å². The SMILES string of the molecule is [AlH3].[Ni].[OH][Ni]. The molecule has 0 radical (unpaired) electrons. The van der Waals surface area contributed by atoms with Gasteiger partial charge < -0.3 is 0 Å². The van der Waals surface area contributed by atoms with Crippen LogP contribution in [-0.4, -0.2) is 21.6 Å². The summed E-state index contributed by atoms with van der Waals surface area (Å²) in [7, 11) is 0. The van der Waals surface area contributed by atoms with E-state index >= 15 is 0 Å². The third kappa shape index (κ3) is 9.77. The minimum atomic E-state index is 0. The predicted molar refractivity (Wildman–Crippen MR) is 12.2 cm³/mol. The van der Waals surface area contributed by atoms with Gasteiger partial charge in [-0.05, 0) is 0 Å². The molecule has 1 N–H and O–H groups in total. The zero-order valence-corrected chi connectivity index (χ0v) is 3.05. The fraction of sp³-hybridized carbons (Fsp3) is 0. The molecule has 0 heterocycles. The van der Waals surface area contributed by atoms with E-state index in [4.69, 9.17) is 4.25 Å². The van der Waals surface area contributed by atoms with Gasteiger partial charge in [-0.15, -0.1) is 0 Å². The first-order chi connectivity index (χ1) is 1.00. The summed E-state index contributed by atoms with van der Waals surface area (Å²) in [6.45, 7) is 0. The second kappa shape index (κ2) is 24.8. The summed E-state index contributed by atoms with van der Waals surface area (Å²) in [6.07, 6.45) is 0. The summed E-state index contributed by atoms with van der Waals surface area (Å²) >= 11 is 2.88. The van der Waals surface area contributed by atoms with Crippen LogP contribution in [0.15, 0.2) is 0 Å². The third-order valence-corrected chi connectivity index (χ3v) is 0. The molecule has 33 valence electrons. The molecule has 0 saturated carbocycles. The van der Waals surface area contributed by atoms with Crippen LogP contribution >= 0.6 is 0 Å². The molecule has 1 nitrogen and oxygen atoms in total. The van der Waals surface area contributed by atoms with Crippen molar-refractivity contribution in [1.82, 2.24) is 0 Å². The number of hydrogen-bond donors (Lipinski definition) is 1. The summed E-state index contributed by atoms with van der Waals surface area (Å²) < 4.78 is 6.62. The van der Waals surface area contributed by atoms with Gasteiger partial charge in [-0.25, -0.2) is 0 Å². The van der Waals surface area contributed by atoms with Gasteiger partial charge in [0.1, 0.15) is 0 Å². The molecule has 0 aliphatic rings. The molecule has 0 fully saturated rings. The monoisotopic (exact) mass is 163 g/mol. The van der Waals surface area contributed by atoms with Crippen LogP contribution in [0.2, 0.25) is 0 Å². The molecule has 0 rings (SSSR count). The van der Waals surface area contributed by atoms with Crippen molar-refractivity contribution in [2.45, 2.75) is 0 Å². The molecule has 0 saturated heterocycles. The fourth-order valence-corrected chi connectivity index (χ4v) is 0. The van der Waals surface area contributed by atoms with Gasteiger partial charge in [0.25, 0.3) is 0 Å². The average Bonchev–Trinajstić information content (AvgIpc) is 1.00. The van der Waals surface area contributed by atoms with Crippen molar-refractivity contribution < 1.29 is 36.5 Å². The maximum absolute atomic E-state index is 6.62. The minimum absolute atomic E-state index is 0. The molecule has 0 aromatic heterocycles. The number of rotatable bonds is 0. The molecule has 0 aromatic carbocycles. The Bertz CT molecular complexity index is 6.00. The topological polar surface area (TPSA) is 20.2 Å². The third-order valence-electron chi connectivity index (χ3n) is 0. The summed E-state index contributed by atoms with van der Waals surface area (Å²) in [5.41, 5.74) is 0. The van der Waals surface area contributed by atoms with Crippen LogP contribution in [0.4, 0.5) is 0 Å². The molecule has 0 aliphatic carbocycles. The number of hydrogen-bond acceptors (Lipinski definition) is 1. The van der Waals surface area contributed by atoms with E-state index < -0.39 is 0 Å². The van der Waals surface area contributed by atoms with Crippen LogP contribution in [0.1, 0.15) is 0 Å². The van der Waals surface area contributed by atoms with E-state index in [2.05, 4.69) is 15.8 Å². The molecule has 0 unspecified atom stereocenters. The molecule has 0 bridgehead atoms. The molecule has 4 heteroatoms. The zero-order valence-electron chi connectivity index (χ0n) is 1.08. The van der Waals surface area contributed by atoms with Gasteiger partial charge in [0.05, 0.1) is 0 Å². The summed E-state index contributed by atoms with van der Waals surface area (Å²) in [4.78, 5) is 0. The first-order valence-electron chi connectivity index (χ1n) is 0.141. The Morgan fingerprint density at radius 3 is 1.25 bits per heavy atom. The van der Waals surface area contributed by atoms with Crippen molar-refractivity contribution in [3.63, 3.8) is 0 Å². The van der Waals surface area contributed by atoms with Crippen molar-refractivity contribution >= 4 is 17.4 Å². The Balaban J connectivity index is -0.00000000500. The molecular weight excluding hydrogens is 160 g/mol. The Morgan fingerprint density at radius 2 is 1.25 bits per heavy atom. The summed E-state index contributed by atoms with van der Waals surface area (Å²) in [5.74, 6) is 0. The van der Waals surface area contributed by atoms with Crippen molar-refractivity contribution in [2.75, 3.05) is 0 Å². The first kappa shape index (κ1) is 17.9. The summed E-state index contributed by atoms with van der Waals surface area (Å²) in [6, 6.07) is 0. The van der Waals surface area contributed by atoms with Crippen molar-refractivity contribution in [3.05, 3.63) is 0 Å². The van der Waals surface area contributed by atoms with E-state index in [0.717, 1.165) is 0 Å². The van der Waals surface area contributed by atoms with Gasteiger partial charge in [0, 0.05) is 16.5 Å². The van der Waals surface area contributed by atoms with Crippen LogP contribution in [0, 0.1) is 0 Å². The van der Waals surface area contributed by atoms with Crippen LogP contribution in [-0.2, 0) is 32.3 Å². The van der Waals surface area contributed by atoms with E-state index in [1.807, 2.05) is 0 Å². The predicted octanol–water partition coefficient (Wildman–Crippen LogP) is -1.75. The molecule has 0 atom stereocenters. The molecule has 0 aromatic rings. The van der Waals surface area contributed by atoms with Crippen molar-refractivity contribution in [3.8, 4) is 0 Å². The molecule has 0 amide bonds. The molecular formula is H4AlNi2O. The fourth-order valence-electron chi connectivity index (χ4n) is 0. The van der Waals surface area contributed by atoms with Gasteiger partial charge in [-0.2, -0.15) is 0 Å². The average molecular weight is 164 g/mol. The van der Waals surface area contributed by atoms with Crippen LogP contribution in [0.5, 0.6) is 0 Å². The second-order valence-corrected chi connectivity index (χ2v) is 0. The Hall–Kier alpha value is 1.48. The van der Waals surface area contributed by atoms with E-state index in [1.165, 1.54) is 0 Å². The second-order valence-electron chi connectivity index (χ2n) is 0. The van der Waals surface area contributed by atoms with E-state index in [-0.39, 0.29) is 33.9 Å². The van der Waals surface area contributed by atoms with Crippen molar-refractivity contribution in [1.29, 1.82) is 0 Å². The molecule has 0 spiro atoms. The van der Waals surface area contributed by atoms with Gasteiger partial charge >= 0.3 is 20.0 Å². The first-order valence-corrected chi connectivity index (χ1v) is 0.583. The summed E-state index contributed by atoms with van der Waals surface area (Å²) in [5, 5.41) is 0. The van der Waals surface area contributed by atoms with Crippen molar-refractivity contribution in [2.24, 2.45) is 0 Å². The zero-order chi connectivity index (χ0) is 2.00. The Labute approximate surface area is 53.9 Å².